The second-order valence-corrected chi connectivity index (χ2v) is 5.97. The van der Waals surface area contributed by atoms with Crippen molar-refractivity contribution in [1.82, 2.24) is 0 Å². The molecule has 2 nitrogen and oxygen atoms in total. The summed E-state index contributed by atoms with van der Waals surface area (Å²) in [6, 6.07) is 18.7. The molecule has 2 aromatic carbocycles. The largest absolute Gasteiger partial charge is 1.00 e. The van der Waals surface area contributed by atoms with E-state index in [-0.39, 0.29) is 17.0 Å². The van der Waals surface area contributed by atoms with E-state index in [1.807, 2.05) is 30.3 Å². The highest BCUT2D eigenvalue weighted by Gasteiger charge is 2.16. The van der Waals surface area contributed by atoms with E-state index in [0.717, 1.165) is 29.9 Å². The highest BCUT2D eigenvalue weighted by Crippen LogP contribution is 2.12. The Bertz CT molecular complexity index is 540. The number of ether oxygens (including phenoxy) is 1. The van der Waals surface area contributed by atoms with Gasteiger partial charge in [0.2, 0.25) is 0 Å². The summed E-state index contributed by atoms with van der Waals surface area (Å²) in [5, 5.41) is 0. The molecule has 0 atom stereocenters. The highest BCUT2D eigenvalue weighted by atomic mass is 79.9. The van der Waals surface area contributed by atoms with E-state index in [4.69, 9.17) is 4.74 Å². The number of aryl methyl sites for hydroxylation is 1. The third-order valence-electron chi connectivity index (χ3n) is 3.40. The van der Waals surface area contributed by atoms with Gasteiger partial charge in [-0.1, -0.05) is 48.0 Å². The predicted molar refractivity (Wildman–Crippen MR) is 83.8 cm³/mol. The molecule has 0 aliphatic heterocycles. The smallest absolute Gasteiger partial charge is 0.137 e. The van der Waals surface area contributed by atoms with Crippen LogP contribution >= 0.6 is 0 Å². The summed E-state index contributed by atoms with van der Waals surface area (Å²) in [6.45, 7) is 4.90. The zero-order valence-electron chi connectivity index (χ0n) is 13.1. The van der Waals surface area contributed by atoms with E-state index in [1.165, 1.54) is 11.1 Å². The number of benzene rings is 2. The molecule has 0 amide bonds. The van der Waals surface area contributed by atoms with Crippen LogP contribution in [0.2, 0.25) is 0 Å². The molecule has 0 spiro atoms. The van der Waals surface area contributed by atoms with Gasteiger partial charge in [0, 0.05) is 5.56 Å². The first kappa shape index (κ1) is 17.7. The van der Waals surface area contributed by atoms with Gasteiger partial charge in [0.05, 0.1) is 14.1 Å². The molecule has 0 aromatic heterocycles. The lowest BCUT2D eigenvalue weighted by molar-refractivity contribution is -0.903. The van der Waals surface area contributed by atoms with E-state index in [1.54, 1.807) is 0 Å². The number of hydrogen-bond donors (Lipinski definition) is 0. The van der Waals surface area contributed by atoms with Crippen LogP contribution in [0.1, 0.15) is 11.1 Å². The minimum Gasteiger partial charge on any atom is -1.00 e. The first-order valence-electron chi connectivity index (χ1n) is 7.11. The van der Waals surface area contributed by atoms with Crippen LogP contribution in [0.3, 0.4) is 0 Å². The number of hydrogen-bond acceptors (Lipinski definition) is 1. The minimum atomic E-state index is 0. The van der Waals surface area contributed by atoms with Crippen molar-refractivity contribution in [2.75, 3.05) is 27.2 Å². The van der Waals surface area contributed by atoms with Crippen LogP contribution < -0.4 is 21.7 Å². The molecule has 0 bridgehead atoms. The van der Waals surface area contributed by atoms with Crippen molar-refractivity contribution < 1.29 is 26.2 Å². The van der Waals surface area contributed by atoms with E-state index in [0.29, 0.717) is 0 Å². The second-order valence-electron chi connectivity index (χ2n) is 5.97. The maximum atomic E-state index is 5.79. The Labute approximate surface area is 138 Å². The van der Waals surface area contributed by atoms with Gasteiger partial charge in [-0.15, -0.1) is 0 Å². The van der Waals surface area contributed by atoms with Crippen molar-refractivity contribution in [2.24, 2.45) is 0 Å². The van der Waals surface area contributed by atoms with Gasteiger partial charge in [-0.25, -0.2) is 0 Å². The van der Waals surface area contributed by atoms with Gasteiger partial charge in [0.25, 0.3) is 0 Å². The summed E-state index contributed by atoms with van der Waals surface area (Å²) < 4.78 is 6.71. The van der Waals surface area contributed by atoms with Gasteiger partial charge >= 0.3 is 0 Å². The SMILES string of the molecule is Cc1cccc(C[N+](C)(C)CCOc2ccccc2)c1.[Br-]. The first-order chi connectivity index (χ1) is 9.55. The molecule has 2 aromatic rings. The molecular formula is C18H24BrNO. The van der Waals surface area contributed by atoms with Crippen molar-refractivity contribution >= 4 is 0 Å². The van der Waals surface area contributed by atoms with Crippen LogP contribution in [0.25, 0.3) is 0 Å². The fraction of sp³-hybridized carbons (Fsp3) is 0.333. The van der Waals surface area contributed by atoms with Crippen LogP contribution in [0.4, 0.5) is 0 Å². The van der Waals surface area contributed by atoms with Crippen LogP contribution in [0, 0.1) is 6.92 Å². The Morgan fingerprint density at radius 1 is 0.952 bits per heavy atom. The molecular weight excluding hydrogens is 326 g/mol. The van der Waals surface area contributed by atoms with Gasteiger partial charge in [-0.3, -0.25) is 0 Å². The minimum absolute atomic E-state index is 0. The van der Waals surface area contributed by atoms with Crippen LogP contribution in [0.5, 0.6) is 5.75 Å². The predicted octanol–water partition coefficient (Wildman–Crippen LogP) is 0.654. The number of likely N-dealkylation sites (N-methyl/N-ethyl adjacent to an activating group) is 1. The Kier molecular flexibility index (Phi) is 6.93. The van der Waals surface area contributed by atoms with Gasteiger partial charge in [0.15, 0.2) is 0 Å². The van der Waals surface area contributed by atoms with Crippen LogP contribution in [-0.2, 0) is 6.54 Å². The summed E-state index contributed by atoms with van der Waals surface area (Å²) in [5.74, 6) is 0.947. The maximum absolute atomic E-state index is 5.79. The lowest BCUT2D eigenvalue weighted by Crippen LogP contribution is -3.00. The van der Waals surface area contributed by atoms with E-state index < -0.39 is 0 Å². The number of quaternary nitrogens is 1. The van der Waals surface area contributed by atoms with Crippen LogP contribution in [0.15, 0.2) is 54.6 Å². The summed E-state index contributed by atoms with van der Waals surface area (Å²) in [7, 11) is 4.49. The second kappa shape index (κ2) is 8.20. The number of rotatable bonds is 6. The fourth-order valence-corrected chi connectivity index (χ4v) is 2.31. The van der Waals surface area contributed by atoms with Crippen molar-refractivity contribution in [3.05, 3.63) is 65.7 Å². The average Bonchev–Trinajstić information content (AvgIpc) is 2.39. The van der Waals surface area contributed by atoms with Crippen LogP contribution in [-0.4, -0.2) is 31.7 Å². The van der Waals surface area contributed by atoms with Gasteiger partial charge in [-0.05, 0) is 19.1 Å². The molecule has 21 heavy (non-hydrogen) atoms. The fourth-order valence-electron chi connectivity index (χ4n) is 2.31. The molecule has 2 rings (SSSR count). The monoisotopic (exact) mass is 349 g/mol. The highest BCUT2D eigenvalue weighted by molar-refractivity contribution is 5.22. The zero-order valence-corrected chi connectivity index (χ0v) is 14.6. The molecule has 0 heterocycles. The van der Waals surface area contributed by atoms with Gasteiger partial charge in [0.1, 0.15) is 25.4 Å². The summed E-state index contributed by atoms with van der Waals surface area (Å²) >= 11 is 0. The molecule has 0 unspecified atom stereocenters. The molecule has 0 aliphatic rings. The third-order valence-corrected chi connectivity index (χ3v) is 3.40. The molecule has 0 fully saturated rings. The van der Waals surface area contributed by atoms with Gasteiger partial charge in [-0.2, -0.15) is 0 Å². The average molecular weight is 350 g/mol. The molecule has 0 saturated heterocycles. The zero-order chi connectivity index (χ0) is 14.4. The standard InChI is InChI=1S/C18H24NO.BrH/c1-16-8-7-9-17(14-16)15-19(2,3)12-13-20-18-10-5-4-6-11-18;/h4-11,14H,12-13,15H2,1-3H3;1H/q+1;/p-1. The molecule has 0 N–H and O–H groups in total. The van der Waals surface area contributed by atoms with E-state index in [2.05, 4.69) is 45.3 Å². The lowest BCUT2D eigenvalue weighted by atomic mass is 10.1. The van der Waals surface area contributed by atoms with E-state index in [9.17, 15) is 0 Å². The summed E-state index contributed by atoms with van der Waals surface area (Å²) in [5.41, 5.74) is 2.71. The maximum Gasteiger partial charge on any atom is 0.137 e. The van der Waals surface area contributed by atoms with E-state index >= 15 is 0 Å². The number of nitrogens with zero attached hydrogens (tertiary/aromatic N) is 1. The third kappa shape index (κ3) is 6.32. The number of para-hydroxylation sites is 1. The Balaban J connectivity index is 0.00000220. The molecule has 0 saturated carbocycles. The first-order valence-corrected chi connectivity index (χ1v) is 7.11. The quantitative estimate of drug-likeness (QED) is 0.696. The Morgan fingerprint density at radius 3 is 2.33 bits per heavy atom. The normalized spacial score (nSPS) is 10.8. The van der Waals surface area contributed by atoms with Gasteiger partial charge < -0.3 is 26.2 Å². The van der Waals surface area contributed by atoms with Crippen molar-refractivity contribution in [3.8, 4) is 5.75 Å². The molecule has 0 radical (unpaired) electrons. The molecule has 114 valence electrons. The Hall–Kier alpha value is -1.32. The number of halogens is 1. The van der Waals surface area contributed by atoms with Crippen molar-refractivity contribution in [2.45, 2.75) is 13.5 Å². The topological polar surface area (TPSA) is 9.23 Å². The van der Waals surface area contributed by atoms with Crippen molar-refractivity contribution in [1.29, 1.82) is 0 Å². The molecule has 3 heteroatoms. The van der Waals surface area contributed by atoms with Crippen molar-refractivity contribution in [3.63, 3.8) is 0 Å². The summed E-state index contributed by atoms with van der Waals surface area (Å²) in [4.78, 5) is 0. The Morgan fingerprint density at radius 2 is 1.67 bits per heavy atom. The molecule has 0 aliphatic carbocycles. The lowest BCUT2D eigenvalue weighted by Gasteiger charge is -2.29. The summed E-state index contributed by atoms with van der Waals surface area (Å²) in [6.07, 6.45) is 0.